The van der Waals surface area contributed by atoms with Crippen molar-refractivity contribution in [3.63, 3.8) is 0 Å². The Balaban J connectivity index is 1.79. The summed E-state index contributed by atoms with van der Waals surface area (Å²) in [5.41, 5.74) is 1.10. The van der Waals surface area contributed by atoms with Gasteiger partial charge in [-0.05, 0) is 57.2 Å². The summed E-state index contributed by atoms with van der Waals surface area (Å²) in [4.78, 5) is 4.39. The molecule has 1 aromatic heterocycles. The monoisotopic (exact) mass is 508 g/mol. The molecule has 1 heterocycles. The molecular weight excluding hydrogens is 477 g/mol. The number of rotatable bonds is 13. The Kier molecular flexibility index (Phi) is 9.68. The van der Waals surface area contributed by atoms with Gasteiger partial charge in [0, 0.05) is 24.4 Å². The molecule has 0 radical (unpaired) electrons. The highest BCUT2D eigenvalue weighted by Gasteiger charge is 2.30. The van der Waals surface area contributed by atoms with Crippen LogP contribution >= 0.6 is 0 Å². The van der Waals surface area contributed by atoms with E-state index >= 15 is 0 Å². The SMILES string of the molecule is CCOCCOc1nc(-c2ccc(C(F)(F)F)cc2)n(-c2ccc(NC[C@H](O)COC(C)C)cc2)n1. The van der Waals surface area contributed by atoms with E-state index in [2.05, 4.69) is 15.4 Å². The average Bonchev–Trinajstić information content (AvgIpc) is 3.28. The predicted octanol–water partition coefficient (Wildman–Crippen LogP) is 4.57. The molecule has 11 heteroatoms. The van der Waals surface area contributed by atoms with Crippen LogP contribution in [0.4, 0.5) is 18.9 Å². The van der Waals surface area contributed by atoms with Crippen molar-refractivity contribution in [2.75, 3.05) is 38.3 Å². The second kappa shape index (κ2) is 12.7. The van der Waals surface area contributed by atoms with Crippen LogP contribution in [0.3, 0.4) is 0 Å². The van der Waals surface area contributed by atoms with Crippen molar-refractivity contribution in [3.8, 4) is 23.1 Å². The van der Waals surface area contributed by atoms with Gasteiger partial charge in [-0.15, -0.1) is 5.10 Å². The van der Waals surface area contributed by atoms with Gasteiger partial charge in [-0.3, -0.25) is 0 Å². The average molecular weight is 509 g/mol. The van der Waals surface area contributed by atoms with Gasteiger partial charge in [0.25, 0.3) is 0 Å². The molecule has 2 aromatic carbocycles. The summed E-state index contributed by atoms with van der Waals surface area (Å²) in [7, 11) is 0. The number of nitrogens with zero attached hydrogens (tertiary/aromatic N) is 3. The van der Waals surface area contributed by atoms with Crippen LogP contribution < -0.4 is 10.1 Å². The van der Waals surface area contributed by atoms with Crippen molar-refractivity contribution >= 4 is 5.69 Å². The van der Waals surface area contributed by atoms with Gasteiger partial charge < -0.3 is 24.6 Å². The van der Waals surface area contributed by atoms with Gasteiger partial charge in [0.1, 0.15) is 6.61 Å². The molecule has 0 aliphatic rings. The topological polar surface area (TPSA) is 90.7 Å². The number of aromatic nitrogens is 3. The molecule has 0 aliphatic heterocycles. The van der Waals surface area contributed by atoms with E-state index in [9.17, 15) is 18.3 Å². The maximum atomic E-state index is 13.0. The van der Waals surface area contributed by atoms with Crippen LogP contribution in [-0.2, 0) is 15.7 Å². The second-order valence-corrected chi connectivity index (χ2v) is 8.21. The van der Waals surface area contributed by atoms with Gasteiger partial charge in [0.15, 0.2) is 5.82 Å². The van der Waals surface area contributed by atoms with Crippen molar-refractivity contribution in [2.45, 2.75) is 39.2 Å². The van der Waals surface area contributed by atoms with E-state index in [4.69, 9.17) is 14.2 Å². The zero-order chi connectivity index (χ0) is 26.1. The molecule has 0 spiro atoms. The van der Waals surface area contributed by atoms with E-state index in [1.807, 2.05) is 20.8 Å². The molecule has 0 unspecified atom stereocenters. The molecule has 8 nitrogen and oxygen atoms in total. The van der Waals surface area contributed by atoms with Gasteiger partial charge in [-0.2, -0.15) is 18.2 Å². The Hall–Kier alpha value is -3.15. The zero-order valence-corrected chi connectivity index (χ0v) is 20.5. The number of anilines is 1. The smallest absolute Gasteiger partial charge is 0.416 e. The molecule has 0 amide bonds. The van der Waals surface area contributed by atoms with Gasteiger partial charge >= 0.3 is 12.2 Å². The lowest BCUT2D eigenvalue weighted by Gasteiger charge is -2.15. The van der Waals surface area contributed by atoms with E-state index in [1.165, 1.54) is 16.8 Å². The second-order valence-electron chi connectivity index (χ2n) is 8.21. The Morgan fingerprint density at radius 2 is 1.72 bits per heavy atom. The number of hydrogen-bond acceptors (Lipinski definition) is 7. The summed E-state index contributed by atoms with van der Waals surface area (Å²) in [6.45, 7) is 7.34. The zero-order valence-electron chi connectivity index (χ0n) is 20.5. The number of nitrogens with one attached hydrogen (secondary N) is 1. The standard InChI is InChI=1S/C25H31F3N4O4/c1-4-34-13-14-35-24-30-23(18-5-7-19(8-6-18)25(26,27)28)32(31-24)21-11-9-20(10-12-21)29-15-22(33)16-36-17(2)3/h5-12,17,22,29,33H,4,13-16H2,1-3H3/t22-/m0/s1. The minimum atomic E-state index is -4.43. The lowest BCUT2D eigenvalue weighted by molar-refractivity contribution is -0.137. The molecule has 3 aromatic rings. The highest BCUT2D eigenvalue weighted by atomic mass is 19.4. The van der Waals surface area contributed by atoms with Crippen molar-refractivity contribution in [3.05, 3.63) is 54.1 Å². The highest BCUT2D eigenvalue weighted by molar-refractivity contribution is 5.60. The largest absolute Gasteiger partial charge is 0.460 e. The molecule has 0 aliphatic carbocycles. The summed E-state index contributed by atoms with van der Waals surface area (Å²) < 4.78 is 56.8. The Morgan fingerprint density at radius 1 is 1.03 bits per heavy atom. The first kappa shape index (κ1) is 27.4. The van der Waals surface area contributed by atoms with Gasteiger partial charge in [0.2, 0.25) is 0 Å². The molecule has 196 valence electrons. The molecule has 36 heavy (non-hydrogen) atoms. The maximum Gasteiger partial charge on any atom is 0.416 e. The number of aliphatic hydroxyl groups is 1. The first-order valence-corrected chi connectivity index (χ1v) is 11.7. The van der Waals surface area contributed by atoms with Crippen molar-refractivity contribution in [2.24, 2.45) is 0 Å². The van der Waals surface area contributed by atoms with E-state index in [0.29, 0.717) is 36.8 Å². The summed E-state index contributed by atoms with van der Waals surface area (Å²) in [6.07, 6.45) is -5.06. The number of hydrogen-bond donors (Lipinski definition) is 2. The molecule has 0 saturated carbocycles. The third-order valence-corrected chi connectivity index (χ3v) is 5.00. The molecule has 1 atom stereocenters. The van der Waals surface area contributed by atoms with E-state index in [-0.39, 0.29) is 25.3 Å². The summed E-state index contributed by atoms with van der Waals surface area (Å²) in [6, 6.07) is 12.0. The quantitative estimate of drug-likeness (QED) is 0.327. The fourth-order valence-electron chi connectivity index (χ4n) is 3.18. The third kappa shape index (κ3) is 7.94. The molecule has 0 saturated heterocycles. The normalized spacial score (nSPS) is 12.7. The van der Waals surface area contributed by atoms with Gasteiger partial charge in [0.05, 0.1) is 36.7 Å². The lowest BCUT2D eigenvalue weighted by Crippen LogP contribution is -2.26. The summed E-state index contributed by atoms with van der Waals surface area (Å²) in [5, 5.41) is 17.6. The van der Waals surface area contributed by atoms with E-state index in [0.717, 1.165) is 17.8 Å². The van der Waals surface area contributed by atoms with Crippen molar-refractivity contribution in [1.29, 1.82) is 0 Å². The van der Waals surface area contributed by atoms with E-state index < -0.39 is 17.8 Å². The maximum absolute atomic E-state index is 13.0. The molecule has 0 bridgehead atoms. The van der Waals surface area contributed by atoms with Crippen LogP contribution in [0.1, 0.15) is 26.3 Å². The van der Waals surface area contributed by atoms with Crippen molar-refractivity contribution < 1.29 is 32.5 Å². The number of halogens is 3. The molecule has 2 N–H and O–H groups in total. The van der Waals surface area contributed by atoms with Crippen LogP contribution in [0.25, 0.3) is 17.1 Å². The van der Waals surface area contributed by atoms with Gasteiger partial charge in [-0.25, -0.2) is 4.68 Å². The molecular formula is C25H31F3N4O4. The Bertz CT molecular complexity index is 1070. The fourth-order valence-corrected chi connectivity index (χ4v) is 3.18. The van der Waals surface area contributed by atoms with Crippen LogP contribution in [0.15, 0.2) is 48.5 Å². The number of aliphatic hydroxyl groups excluding tert-OH is 1. The van der Waals surface area contributed by atoms with Crippen LogP contribution in [0, 0.1) is 0 Å². The predicted molar refractivity (Wildman–Crippen MR) is 129 cm³/mol. The van der Waals surface area contributed by atoms with Crippen LogP contribution in [-0.4, -0.2) is 65.1 Å². The fraction of sp³-hybridized carbons (Fsp3) is 0.440. The highest BCUT2D eigenvalue weighted by Crippen LogP contribution is 2.31. The minimum Gasteiger partial charge on any atom is -0.460 e. The number of ether oxygens (including phenoxy) is 3. The third-order valence-electron chi connectivity index (χ3n) is 5.00. The summed E-state index contributed by atoms with van der Waals surface area (Å²) >= 11 is 0. The number of benzene rings is 2. The first-order valence-electron chi connectivity index (χ1n) is 11.7. The molecule has 3 rings (SSSR count). The van der Waals surface area contributed by atoms with E-state index in [1.54, 1.807) is 24.3 Å². The Labute approximate surface area is 208 Å². The molecule has 0 fully saturated rings. The van der Waals surface area contributed by atoms with Crippen molar-refractivity contribution in [1.82, 2.24) is 14.8 Å². The number of alkyl halides is 3. The van der Waals surface area contributed by atoms with Crippen LogP contribution in [0.2, 0.25) is 0 Å². The minimum absolute atomic E-state index is 0.0357. The lowest BCUT2D eigenvalue weighted by atomic mass is 10.1. The summed E-state index contributed by atoms with van der Waals surface area (Å²) in [5.74, 6) is 0.331. The first-order chi connectivity index (χ1) is 17.2. The Morgan fingerprint density at radius 3 is 2.33 bits per heavy atom. The van der Waals surface area contributed by atoms with Gasteiger partial charge in [-0.1, -0.05) is 12.1 Å². The van der Waals surface area contributed by atoms with Crippen LogP contribution in [0.5, 0.6) is 6.01 Å².